The van der Waals surface area contributed by atoms with Crippen LogP contribution < -0.4 is 0 Å². The van der Waals surface area contributed by atoms with Gasteiger partial charge in [0, 0.05) is 50.3 Å². The van der Waals surface area contributed by atoms with Crippen LogP contribution in [0.4, 0.5) is 0 Å². The van der Waals surface area contributed by atoms with Crippen molar-refractivity contribution in [1.82, 2.24) is 0 Å². The molecule has 2 rings (SSSR count). The van der Waals surface area contributed by atoms with Crippen molar-refractivity contribution in [3.8, 4) is 0 Å². The molecule has 0 N–H and O–H groups in total. The molecule has 0 saturated carbocycles. The molecule has 0 aliphatic heterocycles. The summed E-state index contributed by atoms with van der Waals surface area (Å²) in [5.74, 6) is -1.79. The number of hydrogen-bond donors (Lipinski definition) is 0. The van der Waals surface area contributed by atoms with Crippen molar-refractivity contribution in [2.75, 3.05) is 35.5 Å². The standard InChI is InChI=1S/C23H28Cl2O9P2/c1-29-22(26)14-20(16-6-10-18(24)11-7-16)21(17-8-12-19(25)13-9-17)15-23(35(27,30-2)31-3)34-36(28,32-4)33-5/h6-13,15,20-21H,14H2,1-5H3/b23-15+. The number of hydrogen-bond acceptors (Lipinski definition) is 9. The number of carbonyl (C=O) groups excluding carboxylic acids is 1. The SMILES string of the molecule is COC(=O)CC(c1ccc(Cl)cc1)C(/C=C(\OP(=O)(OC)OC)P(=O)(OC)OC)c1ccc(Cl)cc1. The second kappa shape index (κ2) is 13.8. The van der Waals surface area contributed by atoms with Gasteiger partial charge in [-0.05, 0) is 41.5 Å². The number of carbonyl (C=O) groups is 1. The van der Waals surface area contributed by atoms with E-state index in [2.05, 4.69) is 0 Å². The van der Waals surface area contributed by atoms with Gasteiger partial charge in [-0.2, -0.15) is 0 Å². The Morgan fingerprint density at radius 3 is 1.69 bits per heavy atom. The van der Waals surface area contributed by atoms with Gasteiger partial charge >= 0.3 is 21.4 Å². The Bertz CT molecular complexity index is 1120. The molecule has 2 aromatic rings. The van der Waals surface area contributed by atoms with Crippen molar-refractivity contribution in [2.45, 2.75) is 18.3 Å². The summed E-state index contributed by atoms with van der Waals surface area (Å²) in [6, 6.07) is 13.7. The number of esters is 1. The summed E-state index contributed by atoms with van der Waals surface area (Å²) in [6.07, 6.45) is 1.33. The van der Waals surface area contributed by atoms with Crippen LogP contribution in [0.25, 0.3) is 0 Å². The van der Waals surface area contributed by atoms with Gasteiger partial charge in [0.1, 0.15) is 0 Å². The van der Waals surface area contributed by atoms with E-state index in [-0.39, 0.29) is 6.42 Å². The zero-order valence-electron chi connectivity index (χ0n) is 20.4. The quantitative estimate of drug-likeness (QED) is 0.138. The molecule has 0 saturated heterocycles. The van der Waals surface area contributed by atoms with Gasteiger partial charge in [0.25, 0.3) is 0 Å². The lowest BCUT2D eigenvalue weighted by atomic mass is 9.79. The first-order chi connectivity index (χ1) is 17.0. The fourth-order valence-electron chi connectivity index (χ4n) is 3.40. The van der Waals surface area contributed by atoms with E-state index in [0.717, 1.165) is 28.4 Å². The topological polar surface area (TPSA) is 107 Å². The minimum absolute atomic E-state index is 0.0777. The molecule has 0 radical (unpaired) electrons. The van der Waals surface area contributed by atoms with Crippen molar-refractivity contribution in [2.24, 2.45) is 0 Å². The molecule has 0 heterocycles. The second-order valence-electron chi connectivity index (χ2n) is 7.29. The van der Waals surface area contributed by atoms with Crippen LogP contribution >= 0.6 is 38.6 Å². The summed E-state index contributed by atoms with van der Waals surface area (Å²) >= 11 is 12.2. The maximum Gasteiger partial charge on any atom is 0.529 e. The molecule has 0 aromatic heterocycles. The lowest BCUT2D eigenvalue weighted by Crippen LogP contribution is -2.16. The molecule has 0 amide bonds. The Balaban J connectivity index is 2.83. The Morgan fingerprint density at radius 1 is 0.806 bits per heavy atom. The van der Waals surface area contributed by atoms with Crippen molar-refractivity contribution in [3.05, 3.63) is 81.3 Å². The van der Waals surface area contributed by atoms with Crippen LogP contribution in [0.3, 0.4) is 0 Å². The van der Waals surface area contributed by atoms with Crippen LogP contribution in [0.1, 0.15) is 29.4 Å². The first-order valence-electron chi connectivity index (χ1n) is 10.5. The average Bonchev–Trinajstić information content (AvgIpc) is 2.90. The highest BCUT2D eigenvalue weighted by Crippen LogP contribution is 2.63. The Morgan fingerprint density at radius 2 is 1.28 bits per heavy atom. The van der Waals surface area contributed by atoms with E-state index in [1.54, 1.807) is 48.5 Å². The number of benzene rings is 2. The highest BCUT2D eigenvalue weighted by Gasteiger charge is 2.39. The van der Waals surface area contributed by atoms with Crippen molar-refractivity contribution in [3.63, 3.8) is 0 Å². The third kappa shape index (κ3) is 7.91. The van der Waals surface area contributed by atoms with Gasteiger partial charge in [-0.1, -0.05) is 47.5 Å². The monoisotopic (exact) mass is 580 g/mol. The number of ether oxygens (including phenoxy) is 1. The molecular weight excluding hydrogens is 553 g/mol. The predicted octanol–water partition coefficient (Wildman–Crippen LogP) is 7.17. The minimum atomic E-state index is -4.19. The fourth-order valence-corrected chi connectivity index (χ4v) is 5.79. The molecule has 2 unspecified atom stereocenters. The largest absolute Gasteiger partial charge is 0.529 e. The Labute approximate surface area is 220 Å². The Hall–Kier alpha value is -1.67. The summed E-state index contributed by atoms with van der Waals surface area (Å²) in [7, 11) is -2.53. The first kappa shape index (κ1) is 30.6. The zero-order valence-corrected chi connectivity index (χ0v) is 23.7. The van der Waals surface area contributed by atoms with Crippen molar-refractivity contribution < 1.29 is 41.3 Å². The van der Waals surface area contributed by atoms with Gasteiger partial charge in [-0.25, -0.2) is 4.57 Å². The van der Waals surface area contributed by atoms with Crippen molar-refractivity contribution >= 4 is 44.6 Å². The molecule has 0 aliphatic rings. The molecule has 0 aliphatic carbocycles. The summed E-state index contributed by atoms with van der Waals surface area (Å²) in [6.45, 7) is 0. The minimum Gasteiger partial charge on any atom is -0.469 e. The van der Waals surface area contributed by atoms with Gasteiger partial charge in [-0.3, -0.25) is 18.4 Å². The number of methoxy groups -OCH3 is 1. The summed E-state index contributed by atoms with van der Waals surface area (Å²) in [4.78, 5) is 12.5. The lowest BCUT2D eigenvalue weighted by Gasteiger charge is -2.28. The summed E-state index contributed by atoms with van der Waals surface area (Å²) < 4.78 is 56.7. The zero-order chi connectivity index (χ0) is 26.9. The van der Waals surface area contributed by atoms with E-state index in [4.69, 9.17) is 50.6 Å². The third-order valence-electron chi connectivity index (χ3n) is 5.33. The van der Waals surface area contributed by atoms with E-state index in [0.29, 0.717) is 21.2 Å². The molecule has 0 fully saturated rings. The normalized spacial score (nSPS) is 14.2. The van der Waals surface area contributed by atoms with Gasteiger partial charge in [-0.15, -0.1) is 0 Å². The van der Waals surface area contributed by atoms with Crippen LogP contribution in [0.2, 0.25) is 10.0 Å². The molecule has 198 valence electrons. The summed E-state index contributed by atoms with van der Waals surface area (Å²) in [5, 5.41) is 0.985. The highest BCUT2D eigenvalue weighted by atomic mass is 35.5. The van der Waals surface area contributed by atoms with Crippen LogP contribution in [-0.2, 0) is 41.3 Å². The molecule has 36 heavy (non-hydrogen) atoms. The molecule has 0 bridgehead atoms. The lowest BCUT2D eigenvalue weighted by molar-refractivity contribution is -0.141. The smallest absolute Gasteiger partial charge is 0.469 e. The van der Waals surface area contributed by atoms with E-state index >= 15 is 0 Å². The Kier molecular flexibility index (Phi) is 11.7. The van der Waals surface area contributed by atoms with Crippen LogP contribution in [0.15, 0.2) is 60.1 Å². The van der Waals surface area contributed by atoms with E-state index in [1.807, 2.05) is 0 Å². The van der Waals surface area contributed by atoms with Gasteiger partial charge in [0.2, 0.25) is 5.50 Å². The molecule has 2 atom stereocenters. The highest BCUT2D eigenvalue weighted by molar-refractivity contribution is 7.59. The number of halogens is 2. The number of rotatable bonds is 13. The predicted molar refractivity (Wildman–Crippen MR) is 137 cm³/mol. The van der Waals surface area contributed by atoms with E-state index in [1.165, 1.54) is 13.2 Å². The molecule has 2 aromatic carbocycles. The van der Waals surface area contributed by atoms with Crippen LogP contribution in [0.5, 0.6) is 0 Å². The average molecular weight is 581 g/mol. The molecular formula is C23H28Cl2O9P2. The number of phosphoric ester groups is 1. The number of phosphoric acid groups is 1. The van der Waals surface area contributed by atoms with Crippen LogP contribution in [0, 0.1) is 0 Å². The summed E-state index contributed by atoms with van der Waals surface area (Å²) in [5.41, 5.74) is 0.947. The maximum absolute atomic E-state index is 13.5. The van der Waals surface area contributed by atoms with Gasteiger partial charge in [0.15, 0.2) is 0 Å². The fraction of sp³-hybridized carbons (Fsp3) is 0.348. The van der Waals surface area contributed by atoms with E-state index in [9.17, 15) is 13.9 Å². The van der Waals surface area contributed by atoms with Gasteiger partial charge < -0.3 is 18.3 Å². The van der Waals surface area contributed by atoms with Gasteiger partial charge in [0.05, 0.1) is 13.5 Å². The maximum atomic E-state index is 13.5. The third-order valence-corrected chi connectivity index (χ3v) is 9.03. The van der Waals surface area contributed by atoms with Crippen molar-refractivity contribution in [1.29, 1.82) is 0 Å². The van der Waals surface area contributed by atoms with E-state index < -0.39 is 38.7 Å². The second-order valence-corrected chi connectivity index (χ2v) is 12.1. The first-order valence-corrected chi connectivity index (χ1v) is 14.2. The van der Waals surface area contributed by atoms with Crippen LogP contribution in [-0.4, -0.2) is 41.5 Å². The molecule has 9 nitrogen and oxygen atoms in total. The molecule has 0 spiro atoms. The molecule has 13 heteroatoms. The number of allylic oxidation sites excluding steroid dienone is 1.